The lowest BCUT2D eigenvalue weighted by molar-refractivity contribution is 0.590. The summed E-state index contributed by atoms with van der Waals surface area (Å²) in [5.41, 5.74) is 11.2. The van der Waals surface area contributed by atoms with Crippen LogP contribution in [0, 0.1) is 0 Å². The van der Waals surface area contributed by atoms with Gasteiger partial charge in [-0.1, -0.05) is 124 Å². The molecule has 2 heterocycles. The number of nitrogens with zero attached hydrogens (tertiary/aromatic N) is 2. The third-order valence-electron chi connectivity index (χ3n) is 9.30. The molecule has 0 N–H and O–H groups in total. The Bertz CT molecular complexity index is 2230. The summed E-state index contributed by atoms with van der Waals surface area (Å²) in [6.45, 7) is 6.81. The van der Waals surface area contributed by atoms with Crippen LogP contribution in [0.5, 0.6) is 0 Å². The number of para-hydroxylation sites is 2. The zero-order chi connectivity index (χ0) is 32.0. The monoisotopic (exact) mass is 626 g/mol. The molecule has 0 amide bonds. The normalized spacial score (nSPS) is 14.9. The Labute approximate surface area is 281 Å². The minimum atomic E-state index is 0.107. The van der Waals surface area contributed by atoms with Crippen LogP contribution < -0.4 is 4.90 Å². The van der Waals surface area contributed by atoms with Crippen molar-refractivity contribution in [1.82, 2.24) is 4.57 Å². The summed E-state index contributed by atoms with van der Waals surface area (Å²) in [5, 5.41) is 1.32. The topological polar surface area (TPSA) is 8.17 Å². The van der Waals surface area contributed by atoms with Crippen molar-refractivity contribution >= 4 is 43.8 Å². The fourth-order valence-corrected chi connectivity index (χ4v) is 8.03. The zero-order valence-corrected chi connectivity index (χ0v) is 27.9. The Balaban J connectivity index is 1.14. The molecule has 0 aliphatic heterocycles. The number of allylic oxidation sites excluding steroid dienone is 3. The highest BCUT2D eigenvalue weighted by atomic mass is 32.1. The van der Waals surface area contributed by atoms with Crippen LogP contribution in [-0.2, 0) is 5.41 Å². The van der Waals surface area contributed by atoms with Gasteiger partial charge in [0.2, 0.25) is 0 Å². The van der Waals surface area contributed by atoms with E-state index in [1.807, 2.05) is 11.3 Å². The molecule has 1 aliphatic rings. The second-order valence-corrected chi connectivity index (χ2v) is 14.5. The van der Waals surface area contributed by atoms with Gasteiger partial charge in [0.05, 0.1) is 15.7 Å². The number of anilines is 2. The van der Waals surface area contributed by atoms with Crippen LogP contribution in [-0.4, -0.2) is 4.57 Å². The quantitative estimate of drug-likeness (QED) is 0.178. The molecule has 0 saturated heterocycles. The molecular formula is C44H38N2S. The van der Waals surface area contributed by atoms with E-state index in [0.29, 0.717) is 5.92 Å². The maximum absolute atomic E-state index is 2.42. The van der Waals surface area contributed by atoms with Gasteiger partial charge in [0.15, 0.2) is 0 Å². The average molecular weight is 627 g/mol. The lowest BCUT2D eigenvalue weighted by Crippen LogP contribution is -2.18. The van der Waals surface area contributed by atoms with Crippen molar-refractivity contribution in [3.05, 3.63) is 174 Å². The summed E-state index contributed by atoms with van der Waals surface area (Å²) in [5.74, 6) is 0.338. The van der Waals surface area contributed by atoms with E-state index in [0.717, 1.165) is 12.1 Å². The van der Waals surface area contributed by atoms with Crippen LogP contribution in [0.2, 0.25) is 0 Å². The van der Waals surface area contributed by atoms with Crippen molar-refractivity contribution in [1.29, 1.82) is 0 Å². The number of fused-ring (bicyclic) bond motifs is 3. The van der Waals surface area contributed by atoms with Crippen molar-refractivity contribution in [3.8, 4) is 16.8 Å². The first-order valence-corrected chi connectivity index (χ1v) is 17.3. The van der Waals surface area contributed by atoms with Crippen LogP contribution in [0.25, 0.3) is 37.9 Å². The molecule has 1 atom stereocenters. The summed E-state index contributed by atoms with van der Waals surface area (Å²) in [6.07, 6.45) is 8.10. The van der Waals surface area contributed by atoms with Gasteiger partial charge in [-0.05, 0) is 83.1 Å². The summed E-state index contributed by atoms with van der Waals surface area (Å²) in [7, 11) is 0. The molecule has 7 aromatic rings. The van der Waals surface area contributed by atoms with Gasteiger partial charge in [0.1, 0.15) is 0 Å². The first-order chi connectivity index (χ1) is 22.9. The fourth-order valence-electron chi connectivity index (χ4n) is 6.76. The summed E-state index contributed by atoms with van der Waals surface area (Å²) in [6, 6.07) is 50.6. The minimum Gasteiger partial charge on any atom is -0.311 e. The lowest BCUT2D eigenvalue weighted by Gasteiger charge is -2.30. The van der Waals surface area contributed by atoms with Crippen molar-refractivity contribution in [2.45, 2.75) is 38.5 Å². The second-order valence-electron chi connectivity index (χ2n) is 13.4. The molecule has 47 heavy (non-hydrogen) atoms. The third-order valence-corrected chi connectivity index (χ3v) is 10.6. The first kappa shape index (κ1) is 29.3. The predicted molar refractivity (Wildman–Crippen MR) is 202 cm³/mol. The standard InChI is InChI=1S/C44H38N2S/c1-44(2,3)34-22-28-38(29-23-34)45(36-24-18-32(19-25-36)31-12-6-4-7-13-31)37-26-20-33(21-27-37)42-30-41-43(47-42)39-16-10-11-17-40(39)46(41)35-14-8-5-9-15-35/h4-20,22-30,33H,21H2,1-3H3. The van der Waals surface area contributed by atoms with Gasteiger partial charge in [-0.25, -0.2) is 0 Å². The van der Waals surface area contributed by atoms with Gasteiger partial charge in [0.25, 0.3) is 0 Å². The van der Waals surface area contributed by atoms with E-state index in [1.165, 1.54) is 59.8 Å². The Hall–Kier alpha value is -5.12. The molecule has 0 bridgehead atoms. The predicted octanol–water partition coefficient (Wildman–Crippen LogP) is 12.6. The van der Waals surface area contributed by atoms with E-state index in [-0.39, 0.29) is 5.41 Å². The minimum absolute atomic E-state index is 0.107. The number of hydrogen-bond acceptors (Lipinski definition) is 2. The first-order valence-electron chi connectivity index (χ1n) is 16.5. The van der Waals surface area contributed by atoms with Gasteiger partial charge in [-0.2, -0.15) is 0 Å². The molecule has 0 fully saturated rings. The van der Waals surface area contributed by atoms with E-state index in [2.05, 4.69) is 188 Å². The summed E-state index contributed by atoms with van der Waals surface area (Å²) < 4.78 is 3.78. The average Bonchev–Trinajstić information content (AvgIpc) is 3.67. The lowest BCUT2D eigenvalue weighted by atomic mass is 9.87. The maximum Gasteiger partial charge on any atom is 0.0652 e. The second kappa shape index (κ2) is 11.9. The fraction of sp³-hybridized carbons (Fsp3) is 0.136. The molecule has 3 heteroatoms. The van der Waals surface area contributed by atoms with Crippen LogP contribution >= 0.6 is 11.3 Å². The molecule has 8 rings (SSSR count). The van der Waals surface area contributed by atoms with Crippen molar-refractivity contribution in [3.63, 3.8) is 0 Å². The number of benzene rings is 5. The van der Waals surface area contributed by atoms with Gasteiger partial charge >= 0.3 is 0 Å². The highest BCUT2D eigenvalue weighted by Gasteiger charge is 2.23. The Morgan fingerprint density at radius 1 is 0.660 bits per heavy atom. The number of rotatable bonds is 6. The van der Waals surface area contributed by atoms with E-state index in [4.69, 9.17) is 0 Å². The van der Waals surface area contributed by atoms with Crippen LogP contribution in [0.1, 0.15) is 43.6 Å². The van der Waals surface area contributed by atoms with Gasteiger partial charge in [0, 0.05) is 38.9 Å². The highest BCUT2D eigenvalue weighted by molar-refractivity contribution is 7.20. The number of aromatic nitrogens is 1. The third kappa shape index (κ3) is 5.51. The molecule has 5 aromatic carbocycles. The summed E-state index contributed by atoms with van der Waals surface area (Å²) >= 11 is 1.94. The molecule has 0 radical (unpaired) electrons. The summed E-state index contributed by atoms with van der Waals surface area (Å²) in [4.78, 5) is 3.81. The van der Waals surface area contributed by atoms with Crippen LogP contribution in [0.15, 0.2) is 163 Å². The number of hydrogen-bond donors (Lipinski definition) is 0. The SMILES string of the molecule is CC(C)(C)c1ccc(N(C2=CCC(c3cc4c(s3)c3ccccc3n4-c3ccccc3)C=C2)c2ccc(-c3ccccc3)cc2)cc1. The van der Waals surface area contributed by atoms with E-state index >= 15 is 0 Å². The van der Waals surface area contributed by atoms with E-state index < -0.39 is 0 Å². The van der Waals surface area contributed by atoms with Crippen molar-refractivity contribution in [2.75, 3.05) is 4.90 Å². The zero-order valence-electron chi connectivity index (χ0n) is 27.1. The Morgan fingerprint density at radius 2 is 1.28 bits per heavy atom. The molecule has 1 unspecified atom stereocenters. The Morgan fingerprint density at radius 3 is 1.94 bits per heavy atom. The molecule has 1 aliphatic carbocycles. The van der Waals surface area contributed by atoms with Gasteiger partial charge in [-0.15, -0.1) is 11.3 Å². The number of thiophene rings is 1. The van der Waals surface area contributed by atoms with Gasteiger partial charge < -0.3 is 9.47 Å². The maximum atomic E-state index is 2.42. The molecule has 0 saturated carbocycles. The van der Waals surface area contributed by atoms with Crippen LogP contribution in [0.3, 0.4) is 0 Å². The van der Waals surface area contributed by atoms with E-state index in [9.17, 15) is 0 Å². The Kier molecular flexibility index (Phi) is 7.42. The molecule has 2 nitrogen and oxygen atoms in total. The van der Waals surface area contributed by atoms with Gasteiger partial charge in [-0.3, -0.25) is 0 Å². The molecule has 2 aromatic heterocycles. The molecule has 0 spiro atoms. The van der Waals surface area contributed by atoms with Crippen molar-refractivity contribution < 1.29 is 0 Å². The largest absolute Gasteiger partial charge is 0.311 e. The molecule has 230 valence electrons. The molecular weight excluding hydrogens is 589 g/mol. The van der Waals surface area contributed by atoms with Crippen LogP contribution in [0.4, 0.5) is 11.4 Å². The smallest absolute Gasteiger partial charge is 0.0652 e. The van der Waals surface area contributed by atoms with Crippen molar-refractivity contribution in [2.24, 2.45) is 0 Å². The highest BCUT2D eigenvalue weighted by Crippen LogP contribution is 2.43. The van der Waals surface area contributed by atoms with E-state index in [1.54, 1.807) is 0 Å².